The number of unbranched alkanes of at least 4 members (excludes halogenated alkanes) is 1. The molecule has 3 rings (SSSR count). The van der Waals surface area contributed by atoms with Crippen molar-refractivity contribution in [3.8, 4) is 0 Å². The predicted octanol–water partition coefficient (Wildman–Crippen LogP) is 4.24. The standard InChI is InChI=1S/C20H19N5O4S/c1-3-4-10-25-16-7-5-6-8-17(16)30(28,29)19(20(25)27)24-23-18-12-15(21-2)14(9-11-26)13-22-18/h5-8,11-13,27H,3-4,9-10H2,1H3. The van der Waals surface area contributed by atoms with E-state index in [0.717, 1.165) is 12.8 Å². The summed E-state index contributed by atoms with van der Waals surface area (Å²) in [5.41, 5.74) is 0.991. The number of para-hydroxylation sites is 1. The van der Waals surface area contributed by atoms with Gasteiger partial charge >= 0.3 is 0 Å². The number of pyridine rings is 1. The lowest BCUT2D eigenvalue weighted by atomic mass is 10.2. The number of carbonyl (C=O) groups excluding carboxylic acids is 1. The Morgan fingerprint density at radius 3 is 2.77 bits per heavy atom. The normalized spacial score (nSPS) is 15.1. The molecule has 0 saturated carbocycles. The number of sulfone groups is 1. The molecule has 0 saturated heterocycles. The highest BCUT2D eigenvalue weighted by Gasteiger charge is 2.37. The van der Waals surface area contributed by atoms with Crippen LogP contribution < -0.4 is 4.90 Å². The minimum absolute atomic E-state index is 0.00915. The van der Waals surface area contributed by atoms with Gasteiger partial charge in [0.25, 0.3) is 0 Å². The van der Waals surface area contributed by atoms with Gasteiger partial charge in [-0.05, 0) is 30.2 Å². The Morgan fingerprint density at radius 1 is 1.30 bits per heavy atom. The summed E-state index contributed by atoms with van der Waals surface area (Å²) < 4.78 is 26.0. The van der Waals surface area contributed by atoms with Crippen LogP contribution in [0.2, 0.25) is 0 Å². The first kappa shape index (κ1) is 21.1. The molecule has 1 aliphatic heterocycles. The Hall–Kier alpha value is -3.58. The zero-order valence-corrected chi connectivity index (χ0v) is 17.0. The molecule has 0 fully saturated rings. The number of nitrogens with zero attached hydrogens (tertiary/aromatic N) is 5. The highest BCUT2D eigenvalue weighted by atomic mass is 32.2. The van der Waals surface area contributed by atoms with Crippen molar-refractivity contribution >= 4 is 33.3 Å². The number of aromatic nitrogens is 1. The van der Waals surface area contributed by atoms with Gasteiger partial charge in [0.2, 0.25) is 20.7 Å². The largest absolute Gasteiger partial charge is 0.492 e. The average molecular weight is 425 g/mol. The van der Waals surface area contributed by atoms with Crippen molar-refractivity contribution in [2.75, 3.05) is 11.4 Å². The number of rotatable bonds is 7. The maximum atomic E-state index is 13.0. The first-order chi connectivity index (χ1) is 14.4. The summed E-state index contributed by atoms with van der Waals surface area (Å²) in [5, 5.41) is 17.7. The van der Waals surface area contributed by atoms with Crippen LogP contribution in [0, 0.1) is 6.57 Å². The number of carbonyl (C=O) groups is 1. The number of fused-ring (bicyclic) bond motifs is 1. The maximum Gasteiger partial charge on any atom is 0.242 e. The van der Waals surface area contributed by atoms with Gasteiger partial charge in [-0.15, -0.1) is 10.2 Å². The fourth-order valence-electron chi connectivity index (χ4n) is 2.97. The lowest BCUT2D eigenvalue weighted by Crippen LogP contribution is -2.31. The number of azo groups is 1. The summed E-state index contributed by atoms with van der Waals surface area (Å²) in [6.45, 7) is 9.61. The van der Waals surface area contributed by atoms with E-state index in [1.807, 2.05) is 6.92 Å². The van der Waals surface area contributed by atoms with Crippen molar-refractivity contribution in [1.29, 1.82) is 0 Å². The second-order valence-corrected chi connectivity index (χ2v) is 8.29. The van der Waals surface area contributed by atoms with E-state index in [1.165, 1.54) is 23.2 Å². The summed E-state index contributed by atoms with van der Waals surface area (Å²) in [5.74, 6) is -0.515. The van der Waals surface area contributed by atoms with Crippen LogP contribution in [0.25, 0.3) is 4.85 Å². The Bertz CT molecular complexity index is 1180. The molecule has 9 nitrogen and oxygen atoms in total. The van der Waals surface area contributed by atoms with Gasteiger partial charge in [0.1, 0.15) is 6.29 Å². The number of aldehydes is 1. The van der Waals surface area contributed by atoms with E-state index in [4.69, 9.17) is 6.57 Å². The molecule has 0 bridgehead atoms. The smallest absolute Gasteiger partial charge is 0.242 e. The maximum absolute atomic E-state index is 13.0. The fourth-order valence-corrected chi connectivity index (χ4v) is 4.39. The van der Waals surface area contributed by atoms with Crippen LogP contribution in [0.5, 0.6) is 0 Å². The number of aliphatic hydroxyl groups is 1. The Morgan fingerprint density at radius 2 is 2.07 bits per heavy atom. The molecule has 1 aromatic carbocycles. The molecule has 1 N–H and O–H groups in total. The van der Waals surface area contributed by atoms with Gasteiger partial charge in [-0.2, -0.15) is 0 Å². The van der Waals surface area contributed by atoms with E-state index in [0.29, 0.717) is 24.1 Å². The van der Waals surface area contributed by atoms with Crippen molar-refractivity contribution in [2.45, 2.75) is 31.1 Å². The van der Waals surface area contributed by atoms with E-state index in [-0.39, 0.29) is 22.8 Å². The van der Waals surface area contributed by atoms with Crippen LogP contribution in [0.3, 0.4) is 0 Å². The van der Waals surface area contributed by atoms with Crippen LogP contribution in [0.1, 0.15) is 25.3 Å². The molecule has 0 atom stereocenters. The molecular weight excluding hydrogens is 406 g/mol. The third kappa shape index (κ3) is 3.92. The van der Waals surface area contributed by atoms with E-state index < -0.39 is 20.7 Å². The van der Waals surface area contributed by atoms with Crippen molar-refractivity contribution in [1.82, 2.24) is 4.98 Å². The van der Waals surface area contributed by atoms with Gasteiger partial charge in [-0.3, -0.25) is 0 Å². The van der Waals surface area contributed by atoms with Gasteiger partial charge in [0.05, 0.1) is 17.2 Å². The van der Waals surface area contributed by atoms with Gasteiger partial charge in [-0.25, -0.2) is 18.2 Å². The zero-order valence-electron chi connectivity index (χ0n) is 16.2. The number of aliphatic hydroxyl groups excluding tert-OH is 1. The molecule has 0 spiro atoms. The van der Waals surface area contributed by atoms with Gasteiger partial charge in [0.15, 0.2) is 11.5 Å². The van der Waals surface area contributed by atoms with E-state index in [9.17, 15) is 18.3 Å². The third-order valence-electron chi connectivity index (χ3n) is 4.50. The highest BCUT2D eigenvalue weighted by molar-refractivity contribution is 7.95. The minimum atomic E-state index is -4.10. The molecular formula is C20H19N5O4S. The lowest BCUT2D eigenvalue weighted by molar-refractivity contribution is -0.107. The Kier molecular flexibility index (Phi) is 6.23. The number of hydrogen-bond donors (Lipinski definition) is 1. The monoisotopic (exact) mass is 425 g/mol. The van der Waals surface area contributed by atoms with E-state index >= 15 is 0 Å². The Labute approximate surface area is 174 Å². The molecule has 154 valence electrons. The van der Waals surface area contributed by atoms with Crippen LogP contribution in [0.15, 0.2) is 62.6 Å². The van der Waals surface area contributed by atoms with Crippen LogP contribution >= 0.6 is 0 Å². The van der Waals surface area contributed by atoms with Gasteiger partial charge in [-0.1, -0.05) is 25.5 Å². The molecule has 2 aromatic rings. The fraction of sp³-hybridized carbons (Fsp3) is 0.250. The van der Waals surface area contributed by atoms with E-state index in [1.54, 1.807) is 18.2 Å². The van der Waals surface area contributed by atoms with Crippen LogP contribution in [0.4, 0.5) is 17.2 Å². The van der Waals surface area contributed by atoms with Crippen LogP contribution in [-0.2, 0) is 21.1 Å². The summed E-state index contributed by atoms with van der Waals surface area (Å²) >= 11 is 0. The first-order valence-corrected chi connectivity index (χ1v) is 10.7. The number of benzene rings is 1. The molecule has 0 radical (unpaired) electrons. The van der Waals surface area contributed by atoms with Crippen molar-refractivity contribution < 1.29 is 18.3 Å². The third-order valence-corrected chi connectivity index (χ3v) is 6.19. The molecule has 30 heavy (non-hydrogen) atoms. The lowest BCUT2D eigenvalue weighted by Gasteiger charge is -2.30. The number of anilines is 1. The van der Waals surface area contributed by atoms with Crippen molar-refractivity contribution in [3.05, 3.63) is 64.4 Å². The van der Waals surface area contributed by atoms with Crippen molar-refractivity contribution in [3.63, 3.8) is 0 Å². The summed E-state index contributed by atoms with van der Waals surface area (Å²) in [6, 6.07) is 7.69. The van der Waals surface area contributed by atoms with Crippen molar-refractivity contribution in [2.24, 2.45) is 10.2 Å². The van der Waals surface area contributed by atoms with Gasteiger partial charge in [0, 0.05) is 19.2 Å². The topological polar surface area (TPSA) is 117 Å². The molecule has 0 unspecified atom stereocenters. The summed E-state index contributed by atoms with van der Waals surface area (Å²) in [6.07, 6.45) is 3.60. The van der Waals surface area contributed by atoms with Gasteiger partial charge < -0.3 is 14.8 Å². The van der Waals surface area contributed by atoms with Crippen LogP contribution in [-0.4, -0.2) is 31.3 Å². The average Bonchev–Trinajstić information content (AvgIpc) is 2.74. The molecule has 1 aromatic heterocycles. The zero-order chi connectivity index (χ0) is 21.7. The molecule has 0 amide bonds. The quantitative estimate of drug-likeness (QED) is 0.403. The number of hydrogen-bond acceptors (Lipinski definition) is 8. The SMILES string of the molecule is [C-]#[N+]c1cc(N=NC2=C(O)N(CCCC)c3ccccc3S2(=O)=O)ncc1CC=O. The minimum Gasteiger partial charge on any atom is -0.492 e. The Balaban J connectivity index is 2.06. The molecule has 1 aliphatic rings. The molecule has 10 heteroatoms. The molecule has 0 aliphatic carbocycles. The molecule has 2 heterocycles. The second-order valence-electron chi connectivity index (χ2n) is 6.46. The predicted molar refractivity (Wildman–Crippen MR) is 110 cm³/mol. The second kappa shape index (κ2) is 8.84. The summed E-state index contributed by atoms with van der Waals surface area (Å²) in [4.78, 5) is 19.6. The highest BCUT2D eigenvalue weighted by Crippen LogP contribution is 2.39. The summed E-state index contributed by atoms with van der Waals surface area (Å²) in [7, 11) is -4.10. The van der Waals surface area contributed by atoms with E-state index in [2.05, 4.69) is 20.1 Å². The first-order valence-electron chi connectivity index (χ1n) is 9.20.